The Morgan fingerprint density at radius 3 is 2.65 bits per heavy atom. The van der Waals surface area contributed by atoms with E-state index in [9.17, 15) is 4.39 Å². The Morgan fingerprint density at radius 1 is 1.20 bits per heavy atom. The van der Waals surface area contributed by atoms with E-state index in [2.05, 4.69) is 21.2 Å². The van der Waals surface area contributed by atoms with E-state index in [0.717, 1.165) is 0 Å². The molecule has 0 amide bonds. The molecule has 2 aromatic carbocycles. The summed E-state index contributed by atoms with van der Waals surface area (Å²) in [5.74, 6) is 0.443. The summed E-state index contributed by atoms with van der Waals surface area (Å²) in [5, 5.41) is 3.76. The van der Waals surface area contributed by atoms with Gasteiger partial charge in [-0.05, 0) is 41.2 Å². The van der Waals surface area contributed by atoms with Gasteiger partial charge in [-0.15, -0.1) is 0 Å². The van der Waals surface area contributed by atoms with Gasteiger partial charge in [0, 0.05) is 22.6 Å². The van der Waals surface area contributed by atoms with E-state index < -0.39 is 0 Å². The van der Waals surface area contributed by atoms with E-state index in [-0.39, 0.29) is 5.82 Å². The van der Waals surface area contributed by atoms with Gasteiger partial charge in [-0.25, -0.2) is 4.39 Å². The van der Waals surface area contributed by atoms with Crippen molar-refractivity contribution in [3.63, 3.8) is 0 Å². The standard InChI is InChI=1S/C14H11BrCl2FNO/c1-19-7-8-12(18)3-2-4-13(8)20-14-6-10(16)9(15)5-11(14)17/h2-6,19H,7H2,1H3. The highest BCUT2D eigenvalue weighted by atomic mass is 79.9. The van der Waals surface area contributed by atoms with Crippen molar-refractivity contribution in [2.75, 3.05) is 7.05 Å². The quantitative estimate of drug-likeness (QED) is 0.718. The first kappa shape index (κ1) is 15.6. The molecule has 0 bridgehead atoms. The van der Waals surface area contributed by atoms with Crippen LogP contribution in [0.25, 0.3) is 0 Å². The molecule has 0 saturated heterocycles. The highest BCUT2D eigenvalue weighted by Crippen LogP contribution is 2.37. The molecule has 6 heteroatoms. The average molecular weight is 379 g/mol. The predicted octanol–water partition coefficient (Wildman–Crippen LogP) is 5.41. The van der Waals surface area contributed by atoms with Crippen molar-refractivity contribution in [2.45, 2.75) is 6.54 Å². The van der Waals surface area contributed by atoms with Crippen molar-refractivity contribution < 1.29 is 9.13 Å². The zero-order chi connectivity index (χ0) is 14.7. The van der Waals surface area contributed by atoms with Gasteiger partial charge in [0.15, 0.2) is 0 Å². The molecular weight excluding hydrogens is 368 g/mol. The topological polar surface area (TPSA) is 21.3 Å². The second-order valence-corrected chi connectivity index (χ2v) is 5.71. The molecule has 1 N–H and O–H groups in total. The van der Waals surface area contributed by atoms with Crippen LogP contribution in [0.2, 0.25) is 10.0 Å². The third-order valence-corrected chi connectivity index (χ3v) is 4.12. The number of nitrogens with one attached hydrogen (secondary N) is 1. The van der Waals surface area contributed by atoms with Crippen LogP contribution in [0.5, 0.6) is 11.5 Å². The Morgan fingerprint density at radius 2 is 1.95 bits per heavy atom. The molecule has 20 heavy (non-hydrogen) atoms. The van der Waals surface area contributed by atoms with Crippen molar-refractivity contribution >= 4 is 39.1 Å². The van der Waals surface area contributed by atoms with E-state index in [1.807, 2.05) is 0 Å². The van der Waals surface area contributed by atoms with E-state index in [1.54, 1.807) is 31.3 Å². The molecule has 106 valence electrons. The Kier molecular flexibility index (Phi) is 5.27. The van der Waals surface area contributed by atoms with Crippen LogP contribution in [0, 0.1) is 5.82 Å². The minimum Gasteiger partial charge on any atom is -0.455 e. The molecule has 0 aliphatic rings. The van der Waals surface area contributed by atoms with E-state index in [1.165, 1.54) is 6.07 Å². The van der Waals surface area contributed by atoms with Crippen LogP contribution in [-0.4, -0.2) is 7.05 Å². The van der Waals surface area contributed by atoms with Crippen LogP contribution >= 0.6 is 39.1 Å². The highest BCUT2D eigenvalue weighted by Gasteiger charge is 2.13. The summed E-state index contributed by atoms with van der Waals surface area (Å²) in [7, 11) is 1.74. The zero-order valence-electron chi connectivity index (χ0n) is 10.5. The fourth-order valence-corrected chi connectivity index (χ4v) is 2.51. The maximum atomic E-state index is 13.8. The summed E-state index contributed by atoms with van der Waals surface area (Å²) < 4.78 is 20.2. The Hall–Kier alpha value is -0.810. The number of rotatable bonds is 4. The predicted molar refractivity (Wildman–Crippen MR) is 83.4 cm³/mol. The molecule has 0 heterocycles. The lowest BCUT2D eigenvalue weighted by molar-refractivity contribution is 0.464. The van der Waals surface area contributed by atoms with Gasteiger partial charge in [0.1, 0.15) is 17.3 Å². The van der Waals surface area contributed by atoms with Gasteiger partial charge < -0.3 is 10.1 Å². The lowest BCUT2D eigenvalue weighted by atomic mass is 10.2. The van der Waals surface area contributed by atoms with Gasteiger partial charge in [-0.2, -0.15) is 0 Å². The summed E-state index contributed by atoms with van der Waals surface area (Å²) in [4.78, 5) is 0. The summed E-state index contributed by atoms with van der Waals surface area (Å²) in [5.41, 5.74) is 0.435. The summed E-state index contributed by atoms with van der Waals surface area (Å²) in [6, 6.07) is 7.87. The van der Waals surface area contributed by atoms with Gasteiger partial charge in [0.2, 0.25) is 0 Å². The molecule has 0 fully saturated rings. The molecule has 0 aliphatic carbocycles. The first-order valence-electron chi connectivity index (χ1n) is 5.77. The first-order valence-corrected chi connectivity index (χ1v) is 7.32. The number of benzene rings is 2. The largest absolute Gasteiger partial charge is 0.455 e. The minimum absolute atomic E-state index is 0.337. The molecular formula is C14H11BrCl2FNO. The van der Waals surface area contributed by atoms with Crippen LogP contribution in [0.3, 0.4) is 0 Å². The van der Waals surface area contributed by atoms with Crippen LogP contribution in [-0.2, 0) is 6.54 Å². The number of halogens is 4. The van der Waals surface area contributed by atoms with Gasteiger partial charge in [-0.3, -0.25) is 0 Å². The van der Waals surface area contributed by atoms with E-state index in [4.69, 9.17) is 27.9 Å². The van der Waals surface area contributed by atoms with Gasteiger partial charge in [0.25, 0.3) is 0 Å². The number of hydrogen-bond acceptors (Lipinski definition) is 2. The van der Waals surface area contributed by atoms with Crippen LogP contribution in [0.4, 0.5) is 4.39 Å². The summed E-state index contributed by atoms with van der Waals surface area (Å²) in [6.07, 6.45) is 0. The lowest BCUT2D eigenvalue weighted by Gasteiger charge is -2.13. The van der Waals surface area contributed by atoms with Crippen molar-refractivity contribution in [3.05, 3.63) is 56.2 Å². The van der Waals surface area contributed by atoms with Crippen molar-refractivity contribution in [1.82, 2.24) is 5.32 Å². The molecule has 2 rings (SSSR count). The Balaban J connectivity index is 2.40. The molecule has 0 aromatic heterocycles. The smallest absolute Gasteiger partial charge is 0.147 e. The molecule has 0 unspecified atom stereocenters. The second kappa shape index (κ2) is 6.76. The summed E-state index contributed by atoms with van der Waals surface area (Å²) in [6.45, 7) is 0.351. The fourth-order valence-electron chi connectivity index (χ4n) is 1.68. The molecule has 0 atom stereocenters. The maximum Gasteiger partial charge on any atom is 0.147 e. The van der Waals surface area contributed by atoms with Gasteiger partial charge >= 0.3 is 0 Å². The zero-order valence-corrected chi connectivity index (χ0v) is 13.6. The molecule has 2 aromatic rings. The van der Waals surface area contributed by atoms with Crippen LogP contribution in [0.15, 0.2) is 34.8 Å². The van der Waals surface area contributed by atoms with E-state index in [0.29, 0.717) is 38.1 Å². The lowest BCUT2D eigenvalue weighted by Crippen LogP contribution is -2.08. The van der Waals surface area contributed by atoms with Crippen LogP contribution in [0.1, 0.15) is 5.56 Å². The fraction of sp³-hybridized carbons (Fsp3) is 0.143. The SMILES string of the molecule is CNCc1c(F)cccc1Oc1cc(Cl)c(Br)cc1Cl. The normalized spacial score (nSPS) is 10.7. The van der Waals surface area contributed by atoms with Gasteiger partial charge in [0.05, 0.1) is 10.0 Å². The molecule has 2 nitrogen and oxygen atoms in total. The van der Waals surface area contributed by atoms with Crippen molar-refractivity contribution in [2.24, 2.45) is 0 Å². The molecule has 0 spiro atoms. The third kappa shape index (κ3) is 3.44. The second-order valence-electron chi connectivity index (χ2n) is 4.05. The average Bonchev–Trinajstić information content (AvgIpc) is 2.40. The number of ether oxygens (including phenoxy) is 1. The summed E-state index contributed by atoms with van der Waals surface area (Å²) >= 11 is 15.4. The first-order chi connectivity index (χ1) is 9.52. The van der Waals surface area contributed by atoms with Crippen LogP contribution < -0.4 is 10.1 Å². The third-order valence-electron chi connectivity index (χ3n) is 2.62. The van der Waals surface area contributed by atoms with Crippen molar-refractivity contribution in [3.8, 4) is 11.5 Å². The Labute approximate surface area is 135 Å². The monoisotopic (exact) mass is 377 g/mol. The van der Waals surface area contributed by atoms with Crippen molar-refractivity contribution in [1.29, 1.82) is 0 Å². The number of hydrogen-bond donors (Lipinski definition) is 1. The molecule has 0 aliphatic heterocycles. The van der Waals surface area contributed by atoms with E-state index >= 15 is 0 Å². The Bertz CT molecular complexity index is 637. The van der Waals surface area contributed by atoms with Gasteiger partial charge in [-0.1, -0.05) is 29.3 Å². The molecule has 0 radical (unpaired) electrons. The molecule has 0 saturated carbocycles. The minimum atomic E-state index is -0.337. The maximum absolute atomic E-state index is 13.8. The highest BCUT2D eigenvalue weighted by molar-refractivity contribution is 9.10.